The van der Waals surface area contributed by atoms with E-state index in [2.05, 4.69) is 41.1 Å². The Kier molecular flexibility index (Phi) is 7.01. The monoisotopic (exact) mass is 487 g/mol. The number of carbonyl (C=O) groups is 1. The van der Waals surface area contributed by atoms with Crippen molar-refractivity contribution in [3.63, 3.8) is 0 Å². The molecule has 0 saturated carbocycles. The number of thioether (sulfide) groups is 1. The number of carbonyl (C=O) groups excluding carboxylic acids is 1. The van der Waals surface area contributed by atoms with Crippen molar-refractivity contribution in [1.82, 2.24) is 24.6 Å². The number of likely N-dealkylation sites (N-methyl/N-ethyl adjacent to an activating group) is 1. The van der Waals surface area contributed by atoms with Gasteiger partial charge in [-0.3, -0.25) is 9.36 Å². The van der Waals surface area contributed by atoms with Crippen molar-refractivity contribution >= 4 is 17.7 Å². The van der Waals surface area contributed by atoms with Crippen molar-refractivity contribution in [2.75, 3.05) is 32.7 Å². The van der Waals surface area contributed by atoms with E-state index < -0.39 is 0 Å². The van der Waals surface area contributed by atoms with Gasteiger partial charge in [0.2, 0.25) is 5.82 Å². The first-order valence-electron chi connectivity index (χ1n) is 11.9. The van der Waals surface area contributed by atoms with E-state index in [1.54, 1.807) is 18.0 Å². The molecule has 1 aliphatic rings. The minimum absolute atomic E-state index is 0.105. The van der Waals surface area contributed by atoms with Crippen LogP contribution in [0.2, 0.25) is 0 Å². The summed E-state index contributed by atoms with van der Waals surface area (Å²) in [5.74, 6) is 2.03. The second kappa shape index (κ2) is 10.5. The summed E-state index contributed by atoms with van der Waals surface area (Å²) in [6.07, 6.45) is 1.64. The molecule has 1 saturated heterocycles. The van der Waals surface area contributed by atoms with Gasteiger partial charge in [0.15, 0.2) is 10.9 Å². The van der Waals surface area contributed by atoms with Crippen molar-refractivity contribution in [3.8, 4) is 17.3 Å². The molecule has 0 N–H and O–H groups in total. The second-order valence-electron chi connectivity index (χ2n) is 8.63. The summed E-state index contributed by atoms with van der Waals surface area (Å²) in [5, 5.41) is 9.68. The van der Waals surface area contributed by atoms with E-state index in [-0.39, 0.29) is 5.91 Å². The van der Waals surface area contributed by atoms with Crippen LogP contribution in [-0.4, -0.2) is 63.2 Å². The van der Waals surface area contributed by atoms with Crippen LogP contribution in [-0.2, 0) is 5.75 Å². The lowest BCUT2D eigenvalue weighted by atomic mass is 10.1. The van der Waals surface area contributed by atoms with Gasteiger partial charge in [-0.05, 0) is 54.9 Å². The van der Waals surface area contributed by atoms with Crippen LogP contribution in [0.4, 0.5) is 0 Å². The zero-order chi connectivity index (χ0) is 24.2. The third kappa shape index (κ3) is 5.04. The lowest BCUT2D eigenvalue weighted by Gasteiger charge is -2.34. The Hall–Kier alpha value is -3.36. The van der Waals surface area contributed by atoms with Gasteiger partial charge >= 0.3 is 0 Å². The van der Waals surface area contributed by atoms with Crippen LogP contribution >= 0.6 is 11.8 Å². The highest BCUT2D eigenvalue weighted by Gasteiger charge is 2.24. The number of hydrogen-bond donors (Lipinski definition) is 0. The number of aromatic nitrogens is 3. The molecule has 4 aromatic rings. The minimum Gasteiger partial charge on any atom is -0.461 e. The van der Waals surface area contributed by atoms with Crippen molar-refractivity contribution < 1.29 is 9.21 Å². The second-order valence-corrected chi connectivity index (χ2v) is 9.57. The van der Waals surface area contributed by atoms with Crippen molar-refractivity contribution in [1.29, 1.82) is 0 Å². The van der Waals surface area contributed by atoms with Gasteiger partial charge in [0.1, 0.15) is 0 Å². The van der Waals surface area contributed by atoms with E-state index in [1.165, 1.54) is 0 Å². The molecule has 0 spiro atoms. The maximum atomic E-state index is 13.4. The number of piperazine rings is 1. The quantitative estimate of drug-likeness (QED) is 0.345. The molecule has 1 amide bonds. The van der Waals surface area contributed by atoms with Gasteiger partial charge in [0.05, 0.1) is 12.0 Å². The van der Waals surface area contributed by atoms with Gasteiger partial charge in [0, 0.05) is 37.5 Å². The van der Waals surface area contributed by atoms with Crippen LogP contribution < -0.4 is 0 Å². The van der Waals surface area contributed by atoms with E-state index >= 15 is 0 Å². The van der Waals surface area contributed by atoms with Gasteiger partial charge in [-0.15, -0.1) is 10.2 Å². The van der Waals surface area contributed by atoms with Crippen LogP contribution in [0.5, 0.6) is 0 Å². The highest BCUT2D eigenvalue weighted by atomic mass is 32.2. The highest BCUT2D eigenvalue weighted by Crippen LogP contribution is 2.31. The van der Waals surface area contributed by atoms with E-state index in [0.717, 1.165) is 60.3 Å². The summed E-state index contributed by atoms with van der Waals surface area (Å²) in [6, 6.07) is 19.9. The Morgan fingerprint density at radius 1 is 1.00 bits per heavy atom. The van der Waals surface area contributed by atoms with Gasteiger partial charge in [-0.2, -0.15) is 0 Å². The van der Waals surface area contributed by atoms with Crippen molar-refractivity contribution in [3.05, 3.63) is 83.6 Å². The standard InChI is InChI=1S/C27H29N5O2S/c1-3-30-13-15-31(16-14-30)26(33)23-11-5-4-9-21(23)19-35-27-29-28-25(24-12-7-17-34-24)32(27)22-10-6-8-20(2)18-22/h4-12,17-18H,3,13-16,19H2,1-2H3. The molecule has 0 aliphatic carbocycles. The van der Waals surface area contributed by atoms with Crippen LogP contribution in [0.25, 0.3) is 17.3 Å². The first-order chi connectivity index (χ1) is 17.1. The molecular formula is C27H29N5O2S. The smallest absolute Gasteiger partial charge is 0.254 e. The minimum atomic E-state index is 0.105. The highest BCUT2D eigenvalue weighted by molar-refractivity contribution is 7.98. The summed E-state index contributed by atoms with van der Waals surface area (Å²) >= 11 is 1.57. The number of nitrogens with zero attached hydrogens (tertiary/aromatic N) is 5. The normalized spacial score (nSPS) is 14.4. The number of furan rings is 1. The fraction of sp³-hybridized carbons (Fsp3) is 0.296. The van der Waals surface area contributed by atoms with Gasteiger partial charge in [-0.25, -0.2) is 0 Å². The van der Waals surface area contributed by atoms with Crippen molar-refractivity contribution in [2.45, 2.75) is 24.8 Å². The third-order valence-corrected chi connectivity index (χ3v) is 7.32. The molecule has 0 unspecified atom stereocenters. The lowest BCUT2D eigenvalue weighted by Crippen LogP contribution is -2.48. The number of benzene rings is 2. The first-order valence-corrected chi connectivity index (χ1v) is 12.9. The Morgan fingerprint density at radius 2 is 1.83 bits per heavy atom. The molecule has 1 fully saturated rings. The molecule has 0 bridgehead atoms. The molecule has 0 atom stereocenters. The lowest BCUT2D eigenvalue weighted by molar-refractivity contribution is 0.0642. The molecule has 1 aliphatic heterocycles. The Morgan fingerprint density at radius 3 is 2.57 bits per heavy atom. The van der Waals surface area contributed by atoms with E-state index in [4.69, 9.17) is 4.42 Å². The molecule has 8 heteroatoms. The van der Waals surface area contributed by atoms with E-state index in [9.17, 15) is 4.79 Å². The average molecular weight is 488 g/mol. The fourth-order valence-corrected chi connectivity index (χ4v) is 5.32. The average Bonchev–Trinajstić information content (AvgIpc) is 3.57. The topological polar surface area (TPSA) is 67.4 Å². The molecule has 2 aromatic heterocycles. The molecule has 5 rings (SSSR count). The van der Waals surface area contributed by atoms with Gasteiger partial charge in [0.25, 0.3) is 5.91 Å². The SMILES string of the molecule is CCN1CCN(C(=O)c2ccccc2CSc2nnc(-c3ccco3)n2-c2cccc(C)c2)CC1. The maximum Gasteiger partial charge on any atom is 0.254 e. The van der Waals surface area contributed by atoms with Crippen molar-refractivity contribution in [2.24, 2.45) is 0 Å². The molecule has 3 heterocycles. The molecule has 7 nitrogen and oxygen atoms in total. The number of hydrogen-bond acceptors (Lipinski definition) is 6. The largest absolute Gasteiger partial charge is 0.461 e. The van der Waals surface area contributed by atoms with Gasteiger partial charge < -0.3 is 14.2 Å². The van der Waals surface area contributed by atoms with Crippen LogP contribution in [0.3, 0.4) is 0 Å². The Labute approximate surface area is 209 Å². The molecule has 180 valence electrons. The summed E-state index contributed by atoms with van der Waals surface area (Å²) in [6.45, 7) is 8.64. The van der Waals surface area contributed by atoms with Crippen LogP contribution in [0, 0.1) is 6.92 Å². The van der Waals surface area contributed by atoms with Crippen LogP contribution in [0.1, 0.15) is 28.4 Å². The first kappa shape index (κ1) is 23.4. The summed E-state index contributed by atoms with van der Waals surface area (Å²) < 4.78 is 7.65. The van der Waals surface area contributed by atoms with E-state index in [1.807, 2.05) is 58.0 Å². The molecule has 35 heavy (non-hydrogen) atoms. The summed E-state index contributed by atoms with van der Waals surface area (Å²) in [4.78, 5) is 17.7. The zero-order valence-electron chi connectivity index (χ0n) is 20.1. The van der Waals surface area contributed by atoms with E-state index in [0.29, 0.717) is 17.3 Å². The van der Waals surface area contributed by atoms with Gasteiger partial charge in [-0.1, -0.05) is 49.0 Å². The predicted molar refractivity (Wildman–Crippen MR) is 138 cm³/mol. The predicted octanol–water partition coefficient (Wildman–Crippen LogP) is 4.91. The Balaban J connectivity index is 1.41. The zero-order valence-corrected chi connectivity index (χ0v) is 20.9. The fourth-order valence-electron chi connectivity index (χ4n) is 4.36. The maximum absolute atomic E-state index is 13.4. The summed E-state index contributed by atoms with van der Waals surface area (Å²) in [7, 11) is 0. The number of aryl methyl sites for hydroxylation is 1. The number of amides is 1. The number of rotatable bonds is 7. The summed E-state index contributed by atoms with van der Waals surface area (Å²) in [5.41, 5.74) is 3.88. The molecule has 0 radical (unpaired) electrons. The molecule has 2 aromatic carbocycles. The Bertz CT molecular complexity index is 1290. The molecular weight excluding hydrogens is 458 g/mol. The van der Waals surface area contributed by atoms with Crippen LogP contribution in [0.15, 0.2) is 76.5 Å². The third-order valence-electron chi connectivity index (χ3n) is 6.35.